The predicted molar refractivity (Wildman–Crippen MR) is 142 cm³/mol. The summed E-state index contributed by atoms with van der Waals surface area (Å²) >= 11 is 0. The smallest absolute Gasteiger partial charge is 0.224 e. The average Bonchev–Trinajstić information content (AvgIpc) is 3.51. The van der Waals surface area contributed by atoms with Crippen LogP contribution in [0.2, 0.25) is 0 Å². The zero-order valence-electron chi connectivity index (χ0n) is 20.5. The molecule has 1 atom stereocenters. The number of halogens is 1. The molecule has 0 aliphatic carbocycles. The van der Waals surface area contributed by atoms with E-state index in [0.29, 0.717) is 11.7 Å². The van der Waals surface area contributed by atoms with Crippen molar-refractivity contribution in [1.82, 2.24) is 24.3 Å². The van der Waals surface area contributed by atoms with Crippen molar-refractivity contribution in [3.8, 4) is 17.1 Å². The molecule has 1 unspecified atom stereocenters. The molecule has 2 aromatic heterocycles. The molecule has 5 rings (SSSR count). The highest BCUT2D eigenvalue weighted by molar-refractivity contribution is 5.85. The van der Waals surface area contributed by atoms with Crippen LogP contribution in [0.25, 0.3) is 17.1 Å². The molecular weight excluding hydrogens is 460 g/mol. The third-order valence-corrected chi connectivity index (χ3v) is 6.58. The summed E-state index contributed by atoms with van der Waals surface area (Å²) in [6, 6.07) is 17.0. The summed E-state index contributed by atoms with van der Waals surface area (Å²) in [5.41, 5.74) is 4.96. The Morgan fingerprint density at radius 1 is 1.11 bits per heavy atom. The molecule has 4 aromatic rings. The lowest BCUT2D eigenvalue weighted by Crippen LogP contribution is -2.36. The maximum atomic E-state index is 10.1. The Balaban J connectivity index is 0.00000289. The number of piperidine rings is 1. The van der Waals surface area contributed by atoms with Crippen LogP contribution in [0.4, 0.5) is 5.95 Å². The summed E-state index contributed by atoms with van der Waals surface area (Å²) in [7, 11) is 0. The van der Waals surface area contributed by atoms with Gasteiger partial charge in [0.05, 0.1) is 30.4 Å². The molecule has 1 aliphatic heterocycles. The summed E-state index contributed by atoms with van der Waals surface area (Å²) in [5, 5.41) is 15.0. The van der Waals surface area contributed by atoms with Crippen LogP contribution < -0.4 is 4.90 Å². The highest BCUT2D eigenvalue weighted by Gasteiger charge is 2.26. The van der Waals surface area contributed by atoms with Gasteiger partial charge in [0.2, 0.25) is 5.95 Å². The van der Waals surface area contributed by atoms with Gasteiger partial charge in [0, 0.05) is 36.3 Å². The topological polar surface area (TPSA) is 72.0 Å². The molecule has 1 saturated heterocycles. The number of hydrogen-bond acceptors (Lipinski definition) is 5. The van der Waals surface area contributed by atoms with E-state index < -0.39 is 0 Å². The molecule has 35 heavy (non-hydrogen) atoms. The summed E-state index contributed by atoms with van der Waals surface area (Å²) < 4.78 is 3.97. The van der Waals surface area contributed by atoms with Crippen LogP contribution in [0.3, 0.4) is 0 Å². The molecule has 1 fully saturated rings. The third kappa shape index (κ3) is 5.11. The molecule has 3 heterocycles. The number of benzene rings is 2. The van der Waals surface area contributed by atoms with Gasteiger partial charge in [-0.1, -0.05) is 30.3 Å². The van der Waals surface area contributed by atoms with Crippen LogP contribution in [0.1, 0.15) is 55.5 Å². The minimum Gasteiger partial charge on any atom is -0.392 e. The van der Waals surface area contributed by atoms with Crippen LogP contribution >= 0.6 is 12.4 Å². The van der Waals surface area contributed by atoms with Crippen molar-refractivity contribution in [2.75, 3.05) is 18.0 Å². The fourth-order valence-corrected chi connectivity index (χ4v) is 4.81. The van der Waals surface area contributed by atoms with Crippen molar-refractivity contribution in [3.63, 3.8) is 0 Å². The van der Waals surface area contributed by atoms with Gasteiger partial charge in [0.1, 0.15) is 0 Å². The molecule has 7 nitrogen and oxygen atoms in total. The lowest BCUT2D eigenvalue weighted by molar-refractivity contribution is 0.281. The van der Waals surface area contributed by atoms with Crippen molar-refractivity contribution < 1.29 is 5.11 Å². The minimum atomic E-state index is -0.0664. The van der Waals surface area contributed by atoms with E-state index >= 15 is 0 Å². The van der Waals surface area contributed by atoms with Crippen molar-refractivity contribution >= 4 is 18.4 Å². The summed E-state index contributed by atoms with van der Waals surface area (Å²) in [6.45, 7) is 8.10. The van der Waals surface area contributed by atoms with E-state index in [1.165, 1.54) is 12.0 Å². The monoisotopic (exact) mass is 492 g/mol. The quantitative estimate of drug-likeness (QED) is 0.394. The van der Waals surface area contributed by atoms with Crippen LogP contribution in [0.15, 0.2) is 61.1 Å². The van der Waals surface area contributed by atoms with Gasteiger partial charge >= 0.3 is 0 Å². The maximum absolute atomic E-state index is 10.1. The summed E-state index contributed by atoms with van der Waals surface area (Å²) in [6.07, 6.45) is 6.05. The second kappa shape index (κ2) is 10.6. The largest absolute Gasteiger partial charge is 0.392 e. The van der Waals surface area contributed by atoms with Gasteiger partial charge in [-0.25, -0.2) is 9.67 Å². The molecule has 8 heteroatoms. The fourth-order valence-electron chi connectivity index (χ4n) is 4.81. The van der Waals surface area contributed by atoms with Gasteiger partial charge in [0.15, 0.2) is 5.82 Å². The lowest BCUT2D eigenvalue weighted by atomic mass is 9.91. The van der Waals surface area contributed by atoms with Crippen LogP contribution in [0.5, 0.6) is 0 Å². The van der Waals surface area contributed by atoms with E-state index in [4.69, 9.17) is 10.1 Å². The van der Waals surface area contributed by atoms with Gasteiger partial charge in [-0.05, 0) is 57.4 Å². The van der Waals surface area contributed by atoms with Crippen LogP contribution in [-0.4, -0.2) is 42.5 Å². The van der Waals surface area contributed by atoms with E-state index in [2.05, 4.69) is 54.1 Å². The molecule has 0 amide bonds. The number of aromatic nitrogens is 5. The van der Waals surface area contributed by atoms with E-state index in [9.17, 15) is 5.11 Å². The Kier molecular flexibility index (Phi) is 7.57. The highest BCUT2D eigenvalue weighted by Crippen LogP contribution is 2.32. The van der Waals surface area contributed by atoms with Gasteiger partial charge in [0.25, 0.3) is 0 Å². The van der Waals surface area contributed by atoms with Gasteiger partial charge in [-0.3, -0.25) is 0 Å². The minimum absolute atomic E-state index is 0. The number of imidazole rings is 1. The van der Waals surface area contributed by atoms with E-state index in [-0.39, 0.29) is 25.1 Å². The maximum Gasteiger partial charge on any atom is 0.224 e. The predicted octanol–water partition coefficient (Wildman–Crippen LogP) is 5.32. The van der Waals surface area contributed by atoms with Crippen molar-refractivity contribution in [2.24, 2.45) is 0 Å². The van der Waals surface area contributed by atoms with Crippen molar-refractivity contribution in [1.29, 1.82) is 0 Å². The van der Waals surface area contributed by atoms with E-state index in [0.717, 1.165) is 48.0 Å². The lowest BCUT2D eigenvalue weighted by Gasteiger charge is -2.34. The van der Waals surface area contributed by atoms with E-state index in [1.807, 2.05) is 40.6 Å². The Labute approximate surface area is 212 Å². The number of aryl methyl sites for hydroxylation is 1. The van der Waals surface area contributed by atoms with Crippen molar-refractivity contribution in [3.05, 3.63) is 77.9 Å². The zero-order chi connectivity index (χ0) is 23.7. The first-order valence-corrected chi connectivity index (χ1v) is 12.0. The molecule has 1 N–H and O–H groups in total. The second-order valence-electron chi connectivity index (χ2n) is 9.39. The number of rotatable bonds is 6. The standard InChI is InChI=1S/C27H32N6O.ClH/c1-19(2)33-27(31-13-7-10-23(16-31)21-8-5-4-6-9-21)29-26(30-33)22-11-12-25(24(14-22)17-34)32-15-20(3)28-18-32;/h4-6,8-9,11-12,14-15,18-19,23,34H,7,10,13,16-17H2,1-3H3;1H. The molecule has 0 radical (unpaired) electrons. The fraction of sp³-hybridized carbons (Fsp3) is 0.370. The number of aliphatic hydroxyl groups excluding tert-OH is 1. The van der Waals surface area contributed by atoms with Crippen LogP contribution in [0, 0.1) is 6.92 Å². The molecule has 0 spiro atoms. The zero-order valence-corrected chi connectivity index (χ0v) is 21.3. The Morgan fingerprint density at radius 3 is 2.60 bits per heavy atom. The SMILES string of the molecule is Cc1cn(-c2ccc(-c3nc(N4CCCC(c5ccccc5)C4)n(C(C)C)n3)cc2CO)cn1.Cl. The van der Waals surface area contributed by atoms with Gasteiger partial charge in [-0.15, -0.1) is 17.5 Å². The Hall–Kier alpha value is -3.16. The number of anilines is 1. The normalized spacial score (nSPS) is 15.9. The van der Waals surface area contributed by atoms with E-state index in [1.54, 1.807) is 6.33 Å². The van der Waals surface area contributed by atoms with Gasteiger partial charge in [-0.2, -0.15) is 4.98 Å². The highest BCUT2D eigenvalue weighted by atomic mass is 35.5. The van der Waals surface area contributed by atoms with Crippen molar-refractivity contribution in [2.45, 2.75) is 52.2 Å². The molecule has 0 saturated carbocycles. The molecule has 0 bridgehead atoms. The number of hydrogen-bond donors (Lipinski definition) is 1. The molecule has 184 valence electrons. The van der Waals surface area contributed by atoms with Gasteiger partial charge < -0.3 is 14.6 Å². The summed E-state index contributed by atoms with van der Waals surface area (Å²) in [4.78, 5) is 11.7. The first-order chi connectivity index (χ1) is 16.5. The number of aliphatic hydroxyl groups is 1. The molecular formula is C27H33ClN6O. The summed E-state index contributed by atoms with van der Waals surface area (Å²) in [5.74, 6) is 2.11. The molecule has 2 aromatic carbocycles. The molecule has 1 aliphatic rings. The van der Waals surface area contributed by atoms with Crippen LogP contribution in [-0.2, 0) is 6.61 Å². The Morgan fingerprint density at radius 2 is 1.91 bits per heavy atom. The first-order valence-electron chi connectivity index (χ1n) is 12.0. The Bertz CT molecular complexity index is 1270. The third-order valence-electron chi connectivity index (χ3n) is 6.58. The first kappa shape index (κ1) is 24.9. The second-order valence-corrected chi connectivity index (χ2v) is 9.39. The average molecular weight is 493 g/mol. The number of nitrogens with zero attached hydrogens (tertiary/aromatic N) is 6.